The van der Waals surface area contributed by atoms with Gasteiger partial charge in [-0.25, -0.2) is 4.98 Å². The fourth-order valence-electron chi connectivity index (χ4n) is 2.62. The lowest BCUT2D eigenvalue weighted by Crippen LogP contribution is -2.24. The van der Waals surface area contributed by atoms with E-state index >= 15 is 0 Å². The minimum Gasteiger partial charge on any atom is -0.497 e. The third-order valence-electron chi connectivity index (χ3n) is 3.74. The van der Waals surface area contributed by atoms with Crippen molar-refractivity contribution < 1.29 is 4.74 Å². The number of hydrogen-bond donors (Lipinski definition) is 3. The van der Waals surface area contributed by atoms with Gasteiger partial charge < -0.3 is 10.1 Å². The van der Waals surface area contributed by atoms with Gasteiger partial charge in [-0.15, -0.1) is 0 Å². The van der Waals surface area contributed by atoms with Crippen LogP contribution in [0.3, 0.4) is 0 Å². The molecule has 0 unspecified atom stereocenters. The largest absolute Gasteiger partial charge is 0.497 e. The number of benzene rings is 2. The van der Waals surface area contributed by atoms with Gasteiger partial charge in [0.15, 0.2) is 0 Å². The first-order valence-electron chi connectivity index (χ1n) is 7.47. The van der Waals surface area contributed by atoms with Gasteiger partial charge in [0.1, 0.15) is 5.75 Å². The van der Waals surface area contributed by atoms with Crippen molar-refractivity contribution in [1.82, 2.24) is 10.4 Å². The zero-order valence-electron chi connectivity index (χ0n) is 12.9. The van der Waals surface area contributed by atoms with Gasteiger partial charge in [-0.05, 0) is 42.8 Å². The number of anilines is 1. The van der Waals surface area contributed by atoms with Crippen LogP contribution in [-0.2, 0) is 0 Å². The maximum absolute atomic E-state index is 6.11. The maximum Gasteiger partial charge on any atom is 0.119 e. The van der Waals surface area contributed by atoms with E-state index in [2.05, 4.69) is 10.7 Å². The molecular weight excluding hydrogens is 312 g/mol. The number of nitrogens with zero attached hydrogens (tertiary/aromatic N) is 1. The Morgan fingerprint density at radius 2 is 1.96 bits per heavy atom. The molecule has 5 nitrogen and oxygen atoms in total. The van der Waals surface area contributed by atoms with E-state index in [0.29, 0.717) is 5.02 Å². The van der Waals surface area contributed by atoms with Crippen molar-refractivity contribution in [1.29, 1.82) is 0 Å². The van der Waals surface area contributed by atoms with Gasteiger partial charge in [-0.2, -0.15) is 0 Å². The predicted octanol–water partition coefficient (Wildman–Crippen LogP) is 3.32. The van der Waals surface area contributed by atoms with Crippen LogP contribution in [0.1, 0.15) is 6.42 Å². The van der Waals surface area contributed by atoms with Crippen molar-refractivity contribution in [2.24, 2.45) is 5.84 Å². The van der Waals surface area contributed by atoms with Crippen molar-refractivity contribution in [2.45, 2.75) is 6.42 Å². The molecule has 0 amide bonds. The number of ether oxygens (including phenoxy) is 1. The van der Waals surface area contributed by atoms with Crippen LogP contribution in [0.4, 0.5) is 5.69 Å². The van der Waals surface area contributed by atoms with Crippen LogP contribution in [0, 0.1) is 0 Å². The van der Waals surface area contributed by atoms with E-state index in [1.165, 1.54) is 0 Å². The molecule has 120 valence electrons. The Kier molecular flexibility index (Phi) is 4.81. The molecule has 0 fully saturated rings. The molecule has 0 saturated carbocycles. The number of aromatic nitrogens is 1. The molecule has 0 aliphatic rings. The number of nitrogens with one attached hydrogen (secondary N) is 2. The molecule has 4 N–H and O–H groups in total. The molecule has 2 aromatic carbocycles. The number of nitrogens with two attached hydrogens (primary N) is 1. The van der Waals surface area contributed by atoms with Gasteiger partial charge in [0, 0.05) is 28.9 Å². The lowest BCUT2D eigenvalue weighted by Gasteiger charge is -2.14. The topological polar surface area (TPSA) is 72.2 Å². The Morgan fingerprint density at radius 1 is 1.09 bits per heavy atom. The molecule has 3 rings (SSSR count). The van der Waals surface area contributed by atoms with Gasteiger partial charge in [-0.1, -0.05) is 11.6 Å². The van der Waals surface area contributed by atoms with E-state index in [0.717, 1.165) is 52.8 Å². The van der Waals surface area contributed by atoms with E-state index < -0.39 is 0 Å². The summed E-state index contributed by atoms with van der Waals surface area (Å²) in [5.41, 5.74) is 5.48. The highest BCUT2D eigenvalue weighted by molar-refractivity contribution is 6.31. The van der Waals surface area contributed by atoms with Gasteiger partial charge in [-0.3, -0.25) is 11.3 Å². The first-order valence-corrected chi connectivity index (χ1v) is 7.85. The van der Waals surface area contributed by atoms with Crippen LogP contribution < -0.4 is 21.3 Å². The predicted molar refractivity (Wildman–Crippen MR) is 96.1 cm³/mol. The Labute approximate surface area is 139 Å². The number of methoxy groups -OCH3 is 1. The second-order valence-electron chi connectivity index (χ2n) is 5.27. The number of fused-ring (bicyclic) bond motifs is 2. The van der Waals surface area contributed by atoms with Crippen LogP contribution in [0.15, 0.2) is 36.4 Å². The maximum atomic E-state index is 6.11. The number of halogens is 1. The minimum absolute atomic E-state index is 0.677. The average molecular weight is 331 g/mol. The molecule has 0 radical (unpaired) electrons. The standard InChI is InChI=1S/C17H19ClN4O/c1-23-12-4-6-15-14(10-12)17(20-7-2-8-21-19)13-5-3-11(18)9-16(13)22-15/h3-6,9-10,21H,2,7-8,19H2,1H3,(H,20,22). The zero-order chi connectivity index (χ0) is 16.2. The molecule has 0 aliphatic carbocycles. The first-order chi connectivity index (χ1) is 11.2. The number of hydrogen-bond acceptors (Lipinski definition) is 5. The summed E-state index contributed by atoms with van der Waals surface area (Å²) in [6.07, 6.45) is 0.916. The first kappa shape index (κ1) is 15.8. The van der Waals surface area contributed by atoms with Crippen LogP contribution in [0.5, 0.6) is 5.75 Å². The minimum atomic E-state index is 0.677. The fourth-order valence-corrected chi connectivity index (χ4v) is 2.78. The van der Waals surface area contributed by atoms with Crippen LogP contribution in [0.25, 0.3) is 21.8 Å². The summed E-state index contributed by atoms with van der Waals surface area (Å²) in [6.45, 7) is 1.56. The highest BCUT2D eigenvalue weighted by atomic mass is 35.5. The molecule has 0 saturated heterocycles. The Morgan fingerprint density at radius 3 is 2.74 bits per heavy atom. The Bertz CT molecular complexity index is 838. The summed E-state index contributed by atoms with van der Waals surface area (Å²) in [6, 6.07) is 11.6. The summed E-state index contributed by atoms with van der Waals surface area (Å²) in [7, 11) is 1.66. The average Bonchev–Trinajstić information content (AvgIpc) is 2.57. The second-order valence-corrected chi connectivity index (χ2v) is 5.70. The molecule has 0 aliphatic heterocycles. The van der Waals surface area contributed by atoms with Crippen LogP contribution in [0.2, 0.25) is 5.02 Å². The molecule has 0 bridgehead atoms. The van der Waals surface area contributed by atoms with Gasteiger partial charge in [0.05, 0.1) is 23.8 Å². The van der Waals surface area contributed by atoms with Crippen LogP contribution in [-0.4, -0.2) is 25.2 Å². The molecule has 1 aromatic heterocycles. The number of pyridine rings is 1. The van der Waals surface area contributed by atoms with E-state index in [4.69, 9.17) is 27.2 Å². The monoisotopic (exact) mass is 330 g/mol. The smallest absolute Gasteiger partial charge is 0.119 e. The number of rotatable bonds is 6. The van der Waals surface area contributed by atoms with Crippen molar-refractivity contribution in [3.05, 3.63) is 41.4 Å². The molecule has 6 heteroatoms. The van der Waals surface area contributed by atoms with Gasteiger partial charge in [0.25, 0.3) is 0 Å². The molecule has 3 aromatic rings. The Balaban J connectivity index is 2.14. The molecular formula is C17H19ClN4O. The highest BCUT2D eigenvalue weighted by Crippen LogP contribution is 2.34. The summed E-state index contributed by atoms with van der Waals surface area (Å²) in [4.78, 5) is 4.71. The SMILES string of the molecule is COc1ccc2nc3cc(Cl)ccc3c(NCCCNN)c2c1. The molecule has 23 heavy (non-hydrogen) atoms. The highest BCUT2D eigenvalue weighted by Gasteiger charge is 2.10. The van der Waals surface area contributed by atoms with E-state index in [1.54, 1.807) is 7.11 Å². The van der Waals surface area contributed by atoms with E-state index in [-0.39, 0.29) is 0 Å². The molecule has 0 spiro atoms. The van der Waals surface area contributed by atoms with Crippen molar-refractivity contribution in [3.8, 4) is 5.75 Å². The molecule has 1 heterocycles. The summed E-state index contributed by atoms with van der Waals surface area (Å²) in [5.74, 6) is 6.13. The molecule has 0 atom stereocenters. The lowest BCUT2D eigenvalue weighted by molar-refractivity contribution is 0.415. The van der Waals surface area contributed by atoms with Crippen molar-refractivity contribution in [2.75, 3.05) is 25.5 Å². The van der Waals surface area contributed by atoms with Crippen molar-refractivity contribution in [3.63, 3.8) is 0 Å². The second kappa shape index (κ2) is 7.00. The van der Waals surface area contributed by atoms with Crippen LogP contribution >= 0.6 is 11.6 Å². The van der Waals surface area contributed by atoms with Gasteiger partial charge in [0.2, 0.25) is 0 Å². The summed E-state index contributed by atoms with van der Waals surface area (Å²) in [5, 5.41) is 6.24. The number of hydrazine groups is 1. The lowest BCUT2D eigenvalue weighted by atomic mass is 10.1. The summed E-state index contributed by atoms with van der Waals surface area (Å²) >= 11 is 6.11. The third-order valence-corrected chi connectivity index (χ3v) is 3.98. The van der Waals surface area contributed by atoms with E-state index in [1.807, 2.05) is 36.4 Å². The Hall–Kier alpha value is -2.08. The third kappa shape index (κ3) is 3.32. The zero-order valence-corrected chi connectivity index (χ0v) is 13.7. The quantitative estimate of drug-likeness (QED) is 0.280. The van der Waals surface area contributed by atoms with Gasteiger partial charge >= 0.3 is 0 Å². The normalized spacial score (nSPS) is 11.1. The van der Waals surface area contributed by atoms with Crippen molar-refractivity contribution >= 4 is 39.1 Å². The fraction of sp³-hybridized carbons (Fsp3) is 0.235. The van der Waals surface area contributed by atoms with E-state index in [9.17, 15) is 0 Å². The summed E-state index contributed by atoms with van der Waals surface area (Å²) < 4.78 is 5.35.